The summed E-state index contributed by atoms with van der Waals surface area (Å²) < 4.78 is 0. The van der Waals surface area contributed by atoms with Gasteiger partial charge in [-0.05, 0) is 0 Å². The maximum Gasteiger partial charge on any atom is 0.372 e. The van der Waals surface area contributed by atoms with E-state index in [9.17, 15) is 14.4 Å². The first-order valence-electron chi connectivity index (χ1n) is 4.51. The summed E-state index contributed by atoms with van der Waals surface area (Å²) in [4.78, 5) is 32.5. The molecule has 1 aliphatic rings. The summed E-state index contributed by atoms with van der Waals surface area (Å²) in [6.07, 6.45) is 4.73. The Labute approximate surface area is 91.1 Å². The smallest absolute Gasteiger partial charge is 0.372 e. The first-order chi connectivity index (χ1) is 7.37. The maximum atomic E-state index is 11.1. The van der Waals surface area contributed by atoms with Crippen molar-refractivity contribution in [3.8, 4) is 0 Å². The summed E-state index contributed by atoms with van der Waals surface area (Å²) in [5, 5.41) is 17.5. The number of Topliss-reactive ketones (excluding diaryl/α,β-unsaturated/α-hetero) is 1. The van der Waals surface area contributed by atoms with Crippen molar-refractivity contribution >= 4 is 17.7 Å². The van der Waals surface area contributed by atoms with Gasteiger partial charge < -0.3 is 15.9 Å². The van der Waals surface area contributed by atoms with Gasteiger partial charge in [-0.25, -0.2) is 4.79 Å². The molecule has 0 spiro atoms. The SMILES string of the molecule is N[C@H]1C=C[C@@](CC(=O)C(=O)O)(C(=O)O)C=C1. The van der Waals surface area contributed by atoms with E-state index in [1.807, 2.05) is 0 Å². The molecule has 86 valence electrons. The summed E-state index contributed by atoms with van der Waals surface area (Å²) in [5.41, 5.74) is 3.89. The van der Waals surface area contributed by atoms with Crippen molar-refractivity contribution in [1.29, 1.82) is 0 Å². The van der Waals surface area contributed by atoms with Crippen molar-refractivity contribution in [2.45, 2.75) is 12.5 Å². The average Bonchev–Trinajstić information content (AvgIpc) is 2.21. The van der Waals surface area contributed by atoms with Crippen molar-refractivity contribution in [3.05, 3.63) is 24.3 Å². The summed E-state index contributed by atoms with van der Waals surface area (Å²) >= 11 is 0. The highest BCUT2D eigenvalue weighted by Crippen LogP contribution is 2.30. The second-order valence-corrected chi connectivity index (χ2v) is 3.55. The van der Waals surface area contributed by atoms with Gasteiger partial charge in [-0.3, -0.25) is 9.59 Å². The molecule has 0 unspecified atom stereocenters. The van der Waals surface area contributed by atoms with E-state index in [4.69, 9.17) is 15.9 Å². The highest BCUT2D eigenvalue weighted by atomic mass is 16.4. The van der Waals surface area contributed by atoms with Crippen molar-refractivity contribution in [2.24, 2.45) is 11.1 Å². The molecule has 0 fully saturated rings. The maximum absolute atomic E-state index is 11.1. The molecule has 1 aliphatic carbocycles. The van der Waals surface area contributed by atoms with Crippen LogP contribution in [0.3, 0.4) is 0 Å². The number of carbonyl (C=O) groups is 3. The molecular weight excluding hydrogens is 214 g/mol. The number of nitrogens with two attached hydrogens (primary N) is 1. The van der Waals surface area contributed by atoms with E-state index in [1.54, 1.807) is 0 Å². The lowest BCUT2D eigenvalue weighted by Gasteiger charge is -2.24. The fourth-order valence-electron chi connectivity index (χ4n) is 1.36. The van der Waals surface area contributed by atoms with E-state index in [-0.39, 0.29) is 0 Å². The van der Waals surface area contributed by atoms with E-state index in [1.165, 1.54) is 24.3 Å². The van der Waals surface area contributed by atoms with Gasteiger partial charge >= 0.3 is 11.9 Å². The van der Waals surface area contributed by atoms with Crippen LogP contribution >= 0.6 is 0 Å². The predicted octanol–water partition coefficient (Wildman–Crippen LogP) is -0.446. The van der Waals surface area contributed by atoms with E-state index in [0.29, 0.717) is 0 Å². The molecule has 0 saturated heterocycles. The molecule has 1 rings (SSSR count). The minimum absolute atomic E-state index is 0.410. The van der Waals surface area contributed by atoms with Gasteiger partial charge in [-0.15, -0.1) is 0 Å². The molecule has 4 N–H and O–H groups in total. The van der Waals surface area contributed by atoms with Gasteiger partial charge in [0.1, 0.15) is 5.41 Å². The standard InChI is InChI=1S/C10H11NO5/c11-6-1-3-10(4-2-6,9(15)16)5-7(12)8(13)14/h1-4,6H,5,11H2,(H,13,14)(H,15,16)/t6-,10+. The number of carboxylic acid groups (broad SMARTS) is 2. The van der Waals surface area contributed by atoms with E-state index < -0.39 is 35.6 Å². The van der Waals surface area contributed by atoms with Gasteiger partial charge in [0.2, 0.25) is 5.78 Å². The van der Waals surface area contributed by atoms with Crippen LogP contribution in [0.1, 0.15) is 6.42 Å². The first-order valence-corrected chi connectivity index (χ1v) is 4.51. The molecule has 0 bridgehead atoms. The average molecular weight is 225 g/mol. The zero-order chi connectivity index (χ0) is 12.3. The molecule has 0 atom stereocenters. The van der Waals surface area contributed by atoms with Gasteiger partial charge in [0.25, 0.3) is 0 Å². The molecule has 6 heteroatoms. The zero-order valence-electron chi connectivity index (χ0n) is 8.29. The van der Waals surface area contributed by atoms with Crippen LogP contribution < -0.4 is 5.73 Å². The van der Waals surface area contributed by atoms with Gasteiger partial charge in [-0.1, -0.05) is 24.3 Å². The van der Waals surface area contributed by atoms with Crippen LogP contribution in [0.4, 0.5) is 0 Å². The quantitative estimate of drug-likeness (QED) is 0.440. The van der Waals surface area contributed by atoms with Crippen molar-refractivity contribution in [1.82, 2.24) is 0 Å². The molecule has 0 aromatic heterocycles. The molecule has 0 aliphatic heterocycles. The third kappa shape index (κ3) is 2.34. The van der Waals surface area contributed by atoms with E-state index in [0.717, 1.165) is 0 Å². The number of hydrogen-bond acceptors (Lipinski definition) is 4. The van der Waals surface area contributed by atoms with Crippen LogP contribution in [0.15, 0.2) is 24.3 Å². The molecule has 0 heterocycles. The molecule has 0 radical (unpaired) electrons. The van der Waals surface area contributed by atoms with Gasteiger partial charge in [-0.2, -0.15) is 0 Å². The summed E-state index contributed by atoms with van der Waals surface area (Å²) in [7, 11) is 0. The number of carbonyl (C=O) groups excluding carboxylic acids is 1. The largest absolute Gasteiger partial charge is 0.480 e. The molecule has 0 aromatic rings. The number of carboxylic acids is 2. The highest BCUT2D eigenvalue weighted by Gasteiger charge is 2.38. The van der Waals surface area contributed by atoms with Crippen LogP contribution in [0.5, 0.6) is 0 Å². The topological polar surface area (TPSA) is 118 Å². The van der Waals surface area contributed by atoms with Crippen LogP contribution in [0.2, 0.25) is 0 Å². The minimum Gasteiger partial charge on any atom is -0.480 e. The fraction of sp³-hybridized carbons (Fsp3) is 0.300. The van der Waals surface area contributed by atoms with Crippen LogP contribution in [-0.4, -0.2) is 34.0 Å². The zero-order valence-corrected chi connectivity index (χ0v) is 8.29. The predicted molar refractivity (Wildman–Crippen MR) is 53.6 cm³/mol. The second-order valence-electron chi connectivity index (χ2n) is 3.55. The van der Waals surface area contributed by atoms with Crippen LogP contribution in [0.25, 0.3) is 0 Å². The molecule has 0 amide bonds. The Morgan fingerprint density at radius 3 is 2.06 bits per heavy atom. The molecule has 0 saturated carbocycles. The Bertz CT molecular complexity index is 382. The molecule has 6 nitrogen and oxygen atoms in total. The third-order valence-electron chi connectivity index (χ3n) is 2.32. The van der Waals surface area contributed by atoms with Gasteiger partial charge in [0.15, 0.2) is 0 Å². The van der Waals surface area contributed by atoms with E-state index >= 15 is 0 Å². The van der Waals surface area contributed by atoms with E-state index in [2.05, 4.69) is 0 Å². The van der Waals surface area contributed by atoms with Crippen molar-refractivity contribution in [2.75, 3.05) is 0 Å². The molecule has 16 heavy (non-hydrogen) atoms. The number of rotatable bonds is 4. The van der Waals surface area contributed by atoms with Gasteiger partial charge in [0, 0.05) is 12.5 Å². The summed E-state index contributed by atoms with van der Waals surface area (Å²) in [6, 6.07) is -0.410. The second kappa shape index (κ2) is 4.28. The van der Waals surface area contributed by atoms with Crippen molar-refractivity contribution < 1.29 is 24.6 Å². The van der Waals surface area contributed by atoms with Crippen LogP contribution in [-0.2, 0) is 14.4 Å². The lowest BCUT2D eigenvalue weighted by Crippen LogP contribution is -2.35. The lowest BCUT2D eigenvalue weighted by molar-refractivity contribution is -0.152. The Kier molecular flexibility index (Phi) is 3.24. The summed E-state index contributed by atoms with van der Waals surface area (Å²) in [5.74, 6) is -4.06. The first kappa shape index (κ1) is 12.1. The number of hydrogen-bond donors (Lipinski definition) is 3. The third-order valence-corrected chi connectivity index (χ3v) is 2.32. The fourth-order valence-corrected chi connectivity index (χ4v) is 1.36. The Morgan fingerprint density at radius 1 is 1.19 bits per heavy atom. The minimum atomic E-state index is -1.64. The molecular formula is C10H11NO5. The lowest BCUT2D eigenvalue weighted by atomic mass is 9.79. The normalized spacial score (nSPS) is 27.7. The molecule has 0 aromatic carbocycles. The van der Waals surface area contributed by atoms with Crippen molar-refractivity contribution in [3.63, 3.8) is 0 Å². The Hall–Kier alpha value is -1.95. The monoisotopic (exact) mass is 225 g/mol. The highest BCUT2D eigenvalue weighted by molar-refractivity contribution is 6.33. The van der Waals surface area contributed by atoms with Gasteiger partial charge in [0.05, 0.1) is 0 Å². The Morgan fingerprint density at radius 2 is 1.69 bits per heavy atom. The number of aliphatic carboxylic acids is 2. The van der Waals surface area contributed by atoms with Crippen LogP contribution in [0, 0.1) is 5.41 Å². The number of ketones is 1. The Balaban J connectivity index is 2.96. The summed E-state index contributed by atoms with van der Waals surface area (Å²) in [6.45, 7) is 0.